The maximum atomic E-state index is 9.79. The van der Waals surface area contributed by atoms with Crippen LogP contribution >= 0.6 is 11.3 Å². The van der Waals surface area contributed by atoms with Gasteiger partial charge in [0, 0.05) is 4.70 Å². The zero-order chi connectivity index (χ0) is 10.7. The van der Waals surface area contributed by atoms with Gasteiger partial charge in [-0.15, -0.1) is 11.3 Å². The summed E-state index contributed by atoms with van der Waals surface area (Å²) >= 11 is 1.76. The molecule has 1 atom stereocenters. The number of hydrogen-bond acceptors (Lipinski definition) is 2. The van der Waals surface area contributed by atoms with E-state index >= 15 is 0 Å². The number of rotatable bonds is 4. The predicted molar refractivity (Wildman–Crippen MR) is 66.4 cm³/mol. The molecule has 0 aliphatic rings. The Morgan fingerprint density at radius 3 is 2.93 bits per heavy atom. The van der Waals surface area contributed by atoms with Crippen molar-refractivity contribution in [1.29, 1.82) is 0 Å². The molecule has 0 saturated carbocycles. The highest BCUT2D eigenvalue weighted by Crippen LogP contribution is 2.26. The van der Waals surface area contributed by atoms with Gasteiger partial charge in [-0.05, 0) is 35.2 Å². The molecule has 2 rings (SSSR count). The van der Waals surface area contributed by atoms with E-state index in [9.17, 15) is 5.11 Å². The molecule has 0 aliphatic heterocycles. The van der Waals surface area contributed by atoms with Crippen molar-refractivity contribution in [2.75, 3.05) is 0 Å². The molecule has 1 heterocycles. The van der Waals surface area contributed by atoms with Crippen molar-refractivity contribution in [2.45, 2.75) is 32.3 Å². The zero-order valence-corrected chi connectivity index (χ0v) is 9.76. The van der Waals surface area contributed by atoms with E-state index in [2.05, 4.69) is 36.6 Å². The van der Waals surface area contributed by atoms with Crippen LogP contribution in [-0.4, -0.2) is 11.2 Å². The van der Waals surface area contributed by atoms with Crippen molar-refractivity contribution in [3.05, 3.63) is 35.2 Å². The maximum Gasteiger partial charge on any atom is 0.0581 e. The van der Waals surface area contributed by atoms with Gasteiger partial charge in [0.2, 0.25) is 0 Å². The molecule has 1 nitrogen and oxygen atoms in total. The third kappa shape index (κ3) is 2.39. The Labute approximate surface area is 94.4 Å². The molecule has 1 aromatic carbocycles. The van der Waals surface area contributed by atoms with Crippen LogP contribution in [0.2, 0.25) is 0 Å². The number of fused-ring (bicyclic) bond motifs is 1. The lowest BCUT2D eigenvalue weighted by atomic mass is 10.0. The van der Waals surface area contributed by atoms with Crippen molar-refractivity contribution < 1.29 is 5.11 Å². The normalized spacial score (nSPS) is 13.2. The first kappa shape index (κ1) is 10.7. The van der Waals surface area contributed by atoms with Crippen LogP contribution in [-0.2, 0) is 6.42 Å². The van der Waals surface area contributed by atoms with Crippen LogP contribution in [0.4, 0.5) is 0 Å². The number of thiophene rings is 1. The first-order chi connectivity index (χ1) is 7.31. The molecule has 15 heavy (non-hydrogen) atoms. The minimum Gasteiger partial charge on any atom is -0.393 e. The van der Waals surface area contributed by atoms with E-state index in [-0.39, 0.29) is 6.10 Å². The highest BCUT2D eigenvalue weighted by atomic mass is 32.1. The zero-order valence-electron chi connectivity index (χ0n) is 8.94. The summed E-state index contributed by atoms with van der Waals surface area (Å²) in [5.74, 6) is 0. The van der Waals surface area contributed by atoms with Crippen LogP contribution in [0.3, 0.4) is 0 Å². The number of benzene rings is 1. The van der Waals surface area contributed by atoms with Crippen LogP contribution < -0.4 is 0 Å². The SMILES string of the molecule is CCCC(O)Cc1csc2ccccc12. The summed E-state index contributed by atoms with van der Waals surface area (Å²) in [4.78, 5) is 0. The first-order valence-electron chi connectivity index (χ1n) is 5.44. The second-order valence-corrected chi connectivity index (χ2v) is 4.81. The minimum atomic E-state index is -0.187. The second-order valence-electron chi connectivity index (χ2n) is 3.90. The molecule has 0 aliphatic carbocycles. The van der Waals surface area contributed by atoms with Crippen molar-refractivity contribution >= 4 is 21.4 Å². The van der Waals surface area contributed by atoms with Gasteiger partial charge in [0.25, 0.3) is 0 Å². The Morgan fingerprint density at radius 2 is 2.13 bits per heavy atom. The summed E-state index contributed by atoms with van der Waals surface area (Å²) in [6, 6.07) is 8.39. The van der Waals surface area contributed by atoms with E-state index < -0.39 is 0 Å². The molecular formula is C13H16OS. The number of aliphatic hydroxyl groups excluding tert-OH is 1. The van der Waals surface area contributed by atoms with E-state index in [0.717, 1.165) is 19.3 Å². The summed E-state index contributed by atoms with van der Waals surface area (Å²) in [6.07, 6.45) is 2.54. The lowest BCUT2D eigenvalue weighted by Gasteiger charge is -2.07. The Hall–Kier alpha value is -0.860. The fourth-order valence-corrected chi connectivity index (χ4v) is 2.86. The van der Waals surface area contributed by atoms with Crippen LogP contribution in [0.5, 0.6) is 0 Å². The minimum absolute atomic E-state index is 0.187. The van der Waals surface area contributed by atoms with Gasteiger partial charge < -0.3 is 5.11 Å². The van der Waals surface area contributed by atoms with Gasteiger partial charge in [0.1, 0.15) is 0 Å². The molecule has 0 saturated heterocycles. The van der Waals surface area contributed by atoms with Gasteiger partial charge in [-0.25, -0.2) is 0 Å². The molecule has 0 amide bonds. The lowest BCUT2D eigenvalue weighted by molar-refractivity contribution is 0.164. The molecule has 2 heteroatoms. The summed E-state index contributed by atoms with van der Waals surface area (Å²) in [5.41, 5.74) is 1.29. The van der Waals surface area contributed by atoms with E-state index in [1.54, 1.807) is 11.3 Å². The average Bonchev–Trinajstić information content (AvgIpc) is 2.62. The van der Waals surface area contributed by atoms with Gasteiger partial charge in [-0.1, -0.05) is 31.5 Å². The molecule has 1 unspecified atom stereocenters. The molecule has 0 bridgehead atoms. The molecule has 0 fully saturated rings. The van der Waals surface area contributed by atoms with Gasteiger partial charge >= 0.3 is 0 Å². The van der Waals surface area contributed by atoms with Crippen LogP contribution in [0.25, 0.3) is 10.1 Å². The molecular weight excluding hydrogens is 204 g/mol. The monoisotopic (exact) mass is 220 g/mol. The Bertz CT molecular complexity index is 433. The third-order valence-electron chi connectivity index (χ3n) is 2.64. The fourth-order valence-electron chi connectivity index (χ4n) is 1.88. The van der Waals surface area contributed by atoms with Crippen LogP contribution in [0.15, 0.2) is 29.6 Å². The molecule has 80 valence electrons. The topological polar surface area (TPSA) is 20.2 Å². The predicted octanol–water partition coefficient (Wildman–Crippen LogP) is 3.60. The molecule has 2 aromatic rings. The van der Waals surface area contributed by atoms with Crippen molar-refractivity contribution in [3.63, 3.8) is 0 Å². The van der Waals surface area contributed by atoms with Crippen molar-refractivity contribution in [3.8, 4) is 0 Å². The largest absolute Gasteiger partial charge is 0.393 e. The Balaban J connectivity index is 2.21. The van der Waals surface area contributed by atoms with Crippen molar-refractivity contribution in [2.24, 2.45) is 0 Å². The number of hydrogen-bond donors (Lipinski definition) is 1. The highest BCUT2D eigenvalue weighted by molar-refractivity contribution is 7.17. The fraction of sp³-hybridized carbons (Fsp3) is 0.385. The van der Waals surface area contributed by atoms with Gasteiger partial charge in [0.05, 0.1) is 6.10 Å². The van der Waals surface area contributed by atoms with E-state index in [4.69, 9.17) is 0 Å². The average molecular weight is 220 g/mol. The summed E-state index contributed by atoms with van der Waals surface area (Å²) in [6.45, 7) is 2.11. The van der Waals surface area contributed by atoms with E-state index in [1.165, 1.54) is 15.6 Å². The summed E-state index contributed by atoms with van der Waals surface area (Å²) < 4.78 is 1.32. The quantitative estimate of drug-likeness (QED) is 0.834. The van der Waals surface area contributed by atoms with Gasteiger partial charge in [-0.2, -0.15) is 0 Å². The molecule has 0 spiro atoms. The first-order valence-corrected chi connectivity index (χ1v) is 6.32. The molecule has 1 aromatic heterocycles. The van der Waals surface area contributed by atoms with Crippen LogP contribution in [0, 0.1) is 0 Å². The second kappa shape index (κ2) is 4.77. The van der Waals surface area contributed by atoms with Gasteiger partial charge in [-0.3, -0.25) is 0 Å². The molecule has 0 radical (unpaired) electrons. The third-order valence-corrected chi connectivity index (χ3v) is 3.65. The smallest absolute Gasteiger partial charge is 0.0581 e. The lowest BCUT2D eigenvalue weighted by Crippen LogP contribution is -2.09. The summed E-state index contributed by atoms with van der Waals surface area (Å²) in [5, 5.41) is 13.3. The Kier molecular flexibility index (Phi) is 3.39. The highest BCUT2D eigenvalue weighted by Gasteiger charge is 2.08. The Morgan fingerprint density at radius 1 is 1.33 bits per heavy atom. The summed E-state index contributed by atoms with van der Waals surface area (Å²) in [7, 11) is 0. The number of aliphatic hydroxyl groups is 1. The maximum absolute atomic E-state index is 9.79. The van der Waals surface area contributed by atoms with Gasteiger partial charge in [0.15, 0.2) is 0 Å². The van der Waals surface area contributed by atoms with E-state index in [1.807, 2.05) is 0 Å². The van der Waals surface area contributed by atoms with E-state index in [0.29, 0.717) is 0 Å². The standard InChI is InChI=1S/C13H16OS/c1-2-5-11(14)8-10-9-15-13-7-4-3-6-12(10)13/h3-4,6-7,9,11,14H,2,5,8H2,1H3. The molecule has 1 N–H and O–H groups in total. The van der Waals surface area contributed by atoms with Crippen LogP contribution in [0.1, 0.15) is 25.3 Å². The van der Waals surface area contributed by atoms with Crippen molar-refractivity contribution in [1.82, 2.24) is 0 Å².